The second kappa shape index (κ2) is 13.4. The van der Waals surface area contributed by atoms with Crippen LogP contribution in [0.5, 0.6) is 5.75 Å². The van der Waals surface area contributed by atoms with Crippen molar-refractivity contribution in [2.75, 3.05) is 33.8 Å². The van der Waals surface area contributed by atoms with Gasteiger partial charge in [-0.2, -0.15) is 0 Å². The molecule has 0 spiro atoms. The molecule has 0 atom stereocenters. The Hall–Kier alpha value is -2.36. The van der Waals surface area contributed by atoms with E-state index in [2.05, 4.69) is 113 Å². The van der Waals surface area contributed by atoms with Crippen LogP contribution in [0.15, 0.2) is 84.9 Å². The minimum absolute atomic E-state index is 0. The summed E-state index contributed by atoms with van der Waals surface area (Å²) in [7, 11) is 4.57. The first-order valence-electron chi connectivity index (χ1n) is 11.9. The van der Waals surface area contributed by atoms with Gasteiger partial charge in [-0.25, -0.2) is 0 Å². The monoisotopic (exact) mass is 507 g/mol. The van der Waals surface area contributed by atoms with Crippen LogP contribution < -0.4 is 21.7 Å². The van der Waals surface area contributed by atoms with Crippen molar-refractivity contribution in [2.45, 2.75) is 33.1 Å². The number of hydrogen-bond donors (Lipinski definition) is 0. The van der Waals surface area contributed by atoms with Gasteiger partial charge in [0.25, 0.3) is 0 Å². The van der Waals surface area contributed by atoms with Crippen LogP contribution in [0.25, 0.3) is 11.1 Å². The van der Waals surface area contributed by atoms with Crippen LogP contribution in [0.1, 0.15) is 49.8 Å². The van der Waals surface area contributed by atoms with Crippen LogP contribution in [-0.4, -0.2) is 38.3 Å². The Balaban J connectivity index is 0.00000385. The summed E-state index contributed by atoms with van der Waals surface area (Å²) in [6, 6.07) is 30.1. The molecular weight excluding hydrogens is 470 g/mol. The maximum Gasteiger partial charge on any atom is 0.137 e. The first-order chi connectivity index (χ1) is 15.5. The standard InChI is InChI=1S/C30H38NO.BrH/c1-5-7-22-31(3,4)23-24-32-28-20-18-27(19-21-28)30(26-16-12-9-13-17-26)29(6-2)25-14-10-8-11-15-25;/h8-21H,5-7,22-24H2,1-4H3;1H/q+1;/p-1/b30-29-;. The van der Waals surface area contributed by atoms with E-state index in [0.29, 0.717) is 0 Å². The molecule has 0 saturated heterocycles. The summed E-state index contributed by atoms with van der Waals surface area (Å²) >= 11 is 0. The molecule has 2 nitrogen and oxygen atoms in total. The van der Waals surface area contributed by atoms with Gasteiger partial charge in [-0.1, -0.05) is 93.1 Å². The lowest BCUT2D eigenvalue weighted by Gasteiger charge is -2.29. The molecule has 0 N–H and O–H groups in total. The highest BCUT2D eigenvalue weighted by molar-refractivity contribution is 5.98. The van der Waals surface area contributed by atoms with Crippen molar-refractivity contribution < 1.29 is 26.2 Å². The molecule has 0 aliphatic heterocycles. The van der Waals surface area contributed by atoms with Crippen molar-refractivity contribution in [1.29, 1.82) is 0 Å². The van der Waals surface area contributed by atoms with Crippen molar-refractivity contribution >= 4 is 11.1 Å². The van der Waals surface area contributed by atoms with E-state index in [9.17, 15) is 0 Å². The zero-order valence-corrected chi connectivity index (χ0v) is 22.1. The molecule has 33 heavy (non-hydrogen) atoms. The van der Waals surface area contributed by atoms with Crippen LogP contribution in [0, 0.1) is 0 Å². The van der Waals surface area contributed by atoms with Crippen molar-refractivity contribution in [3.8, 4) is 5.75 Å². The van der Waals surface area contributed by atoms with Gasteiger partial charge in [-0.05, 0) is 52.8 Å². The normalized spacial score (nSPS) is 12.0. The number of halogens is 1. The number of nitrogens with zero attached hydrogens (tertiary/aromatic N) is 1. The fourth-order valence-electron chi connectivity index (χ4n) is 4.11. The number of likely N-dealkylation sites (N-methyl/N-ethyl adjacent to an activating group) is 1. The van der Waals surface area contributed by atoms with Gasteiger partial charge < -0.3 is 26.2 Å². The second-order valence-corrected chi connectivity index (χ2v) is 9.05. The molecule has 176 valence electrons. The molecule has 3 aromatic carbocycles. The van der Waals surface area contributed by atoms with E-state index in [1.807, 2.05) is 0 Å². The van der Waals surface area contributed by atoms with Gasteiger partial charge in [0.2, 0.25) is 0 Å². The first kappa shape index (κ1) is 26.9. The molecule has 0 bridgehead atoms. The summed E-state index contributed by atoms with van der Waals surface area (Å²) < 4.78 is 7.11. The molecule has 0 unspecified atom stereocenters. The third-order valence-electron chi connectivity index (χ3n) is 6.07. The zero-order chi connectivity index (χ0) is 22.8. The second-order valence-electron chi connectivity index (χ2n) is 9.05. The highest BCUT2D eigenvalue weighted by Gasteiger charge is 2.15. The lowest BCUT2D eigenvalue weighted by Crippen LogP contribution is -3.00. The average molecular weight is 509 g/mol. The predicted octanol–water partition coefficient (Wildman–Crippen LogP) is 4.32. The topological polar surface area (TPSA) is 9.23 Å². The van der Waals surface area contributed by atoms with Gasteiger partial charge in [-0.15, -0.1) is 0 Å². The van der Waals surface area contributed by atoms with E-state index in [-0.39, 0.29) is 17.0 Å². The van der Waals surface area contributed by atoms with Gasteiger partial charge >= 0.3 is 0 Å². The van der Waals surface area contributed by atoms with Gasteiger partial charge in [0.15, 0.2) is 0 Å². The largest absolute Gasteiger partial charge is 1.00 e. The Labute approximate surface area is 211 Å². The summed E-state index contributed by atoms with van der Waals surface area (Å²) in [5.74, 6) is 0.939. The van der Waals surface area contributed by atoms with Crippen molar-refractivity contribution in [3.63, 3.8) is 0 Å². The number of benzene rings is 3. The van der Waals surface area contributed by atoms with E-state index < -0.39 is 0 Å². The summed E-state index contributed by atoms with van der Waals surface area (Å²) in [5, 5.41) is 0. The Morgan fingerprint density at radius 1 is 0.697 bits per heavy atom. The lowest BCUT2D eigenvalue weighted by molar-refractivity contribution is -0.890. The van der Waals surface area contributed by atoms with Gasteiger partial charge in [0.05, 0.1) is 20.6 Å². The highest BCUT2D eigenvalue weighted by atomic mass is 79.9. The van der Waals surface area contributed by atoms with E-state index in [0.717, 1.165) is 29.8 Å². The number of allylic oxidation sites excluding steroid dienone is 1. The summed E-state index contributed by atoms with van der Waals surface area (Å²) in [4.78, 5) is 0. The van der Waals surface area contributed by atoms with Gasteiger partial charge in [-0.3, -0.25) is 0 Å². The number of rotatable bonds is 11. The molecule has 0 aliphatic rings. The van der Waals surface area contributed by atoms with Crippen LogP contribution >= 0.6 is 0 Å². The molecule has 3 aromatic rings. The van der Waals surface area contributed by atoms with Crippen molar-refractivity contribution in [1.82, 2.24) is 0 Å². The van der Waals surface area contributed by atoms with Crippen molar-refractivity contribution in [2.24, 2.45) is 0 Å². The minimum Gasteiger partial charge on any atom is -1.00 e. The molecule has 0 fully saturated rings. The smallest absolute Gasteiger partial charge is 0.137 e. The van der Waals surface area contributed by atoms with Crippen LogP contribution in [0.4, 0.5) is 0 Å². The third-order valence-corrected chi connectivity index (χ3v) is 6.07. The fourth-order valence-corrected chi connectivity index (χ4v) is 4.11. The molecule has 0 aliphatic carbocycles. The summed E-state index contributed by atoms with van der Waals surface area (Å²) in [6.45, 7) is 7.44. The number of hydrogen-bond acceptors (Lipinski definition) is 1. The van der Waals surface area contributed by atoms with Crippen LogP contribution in [0.3, 0.4) is 0 Å². The number of ether oxygens (including phenoxy) is 1. The third kappa shape index (κ3) is 7.87. The van der Waals surface area contributed by atoms with E-state index in [1.165, 1.54) is 47.2 Å². The summed E-state index contributed by atoms with van der Waals surface area (Å²) in [6.07, 6.45) is 3.47. The molecule has 3 rings (SSSR count). The Morgan fingerprint density at radius 3 is 1.79 bits per heavy atom. The molecule has 0 heterocycles. The van der Waals surface area contributed by atoms with E-state index in [4.69, 9.17) is 4.74 Å². The highest BCUT2D eigenvalue weighted by Crippen LogP contribution is 2.34. The summed E-state index contributed by atoms with van der Waals surface area (Å²) in [5.41, 5.74) is 6.41. The van der Waals surface area contributed by atoms with Gasteiger partial charge in [0.1, 0.15) is 18.9 Å². The number of unbranched alkanes of at least 4 members (excludes halogenated alkanes) is 1. The maximum absolute atomic E-state index is 6.10. The minimum atomic E-state index is 0. The zero-order valence-electron chi connectivity index (χ0n) is 20.6. The Morgan fingerprint density at radius 2 is 1.24 bits per heavy atom. The fraction of sp³-hybridized carbons (Fsp3) is 0.333. The number of quaternary nitrogens is 1. The molecule has 3 heteroatoms. The van der Waals surface area contributed by atoms with E-state index >= 15 is 0 Å². The predicted molar refractivity (Wildman–Crippen MR) is 138 cm³/mol. The van der Waals surface area contributed by atoms with Crippen LogP contribution in [0.2, 0.25) is 0 Å². The lowest BCUT2D eigenvalue weighted by atomic mass is 9.88. The molecule has 0 saturated carbocycles. The molecule has 0 aromatic heterocycles. The van der Waals surface area contributed by atoms with Crippen LogP contribution in [-0.2, 0) is 0 Å². The molecular formula is C30H38BrNO. The quantitative estimate of drug-likeness (QED) is 0.277. The van der Waals surface area contributed by atoms with Crippen molar-refractivity contribution in [3.05, 3.63) is 102 Å². The first-order valence-corrected chi connectivity index (χ1v) is 11.9. The Kier molecular flexibility index (Phi) is 10.9. The maximum atomic E-state index is 6.10. The molecule has 0 amide bonds. The average Bonchev–Trinajstić information content (AvgIpc) is 2.83. The Bertz CT molecular complexity index is 979. The van der Waals surface area contributed by atoms with E-state index in [1.54, 1.807) is 0 Å². The SMILES string of the molecule is CCCC[N+](C)(C)CCOc1ccc(/C(=C(/CC)c2ccccc2)c2ccccc2)cc1.[Br-]. The van der Waals surface area contributed by atoms with Gasteiger partial charge in [0, 0.05) is 0 Å². The molecule has 0 radical (unpaired) electrons.